The van der Waals surface area contributed by atoms with Crippen LogP contribution >= 0.6 is 0 Å². The molecule has 9 nitrogen and oxygen atoms in total. The Balaban J connectivity index is 1.49. The van der Waals surface area contributed by atoms with E-state index in [-0.39, 0.29) is 17.4 Å². The van der Waals surface area contributed by atoms with Gasteiger partial charge in [-0.15, -0.1) is 0 Å². The van der Waals surface area contributed by atoms with E-state index in [0.29, 0.717) is 67.8 Å². The number of rotatable bonds is 11. The van der Waals surface area contributed by atoms with Gasteiger partial charge in [0, 0.05) is 38.2 Å². The van der Waals surface area contributed by atoms with Crippen molar-refractivity contribution in [2.45, 2.75) is 52.2 Å². The van der Waals surface area contributed by atoms with Crippen LogP contribution in [0.25, 0.3) is 5.76 Å². The molecule has 0 radical (unpaired) electrons. The van der Waals surface area contributed by atoms with Crippen LogP contribution in [0.2, 0.25) is 0 Å². The van der Waals surface area contributed by atoms with Crippen LogP contribution in [-0.4, -0.2) is 85.8 Å². The summed E-state index contributed by atoms with van der Waals surface area (Å²) < 4.78 is 22.9. The van der Waals surface area contributed by atoms with Crippen molar-refractivity contribution >= 4 is 17.4 Å². The highest BCUT2D eigenvalue weighted by atomic mass is 16.5. The number of fused-ring (bicyclic) bond motifs is 1. The van der Waals surface area contributed by atoms with E-state index in [9.17, 15) is 14.7 Å². The number of aliphatic hydroxyl groups is 1. The standard InChI is InChI=1S/C33H42N2O7/c1-21(2)10-15-41-27-9-6-23(20-28(27)39-4)30-29(31(36)24-7-8-26-25(19-24)18-22(3)42-26)32(37)33(38)35(30)12-5-11-34-13-16-40-17-14-34/h6-9,19-22,30,36H,5,10-18H2,1-4H3/t22-,30+/m1/s1. The minimum Gasteiger partial charge on any atom is -0.507 e. The van der Waals surface area contributed by atoms with Gasteiger partial charge in [-0.2, -0.15) is 0 Å². The Morgan fingerprint density at radius 2 is 1.86 bits per heavy atom. The van der Waals surface area contributed by atoms with E-state index >= 15 is 0 Å². The first-order chi connectivity index (χ1) is 20.3. The molecule has 0 bridgehead atoms. The van der Waals surface area contributed by atoms with Crippen molar-refractivity contribution in [2.24, 2.45) is 5.92 Å². The van der Waals surface area contributed by atoms with Gasteiger partial charge < -0.3 is 29.0 Å². The number of methoxy groups -OCH3 is 1. The van der Waals surface area contributed by atoms with Gasteiger partial charge in [0.15, 0.2) is 11.5 Å². The summed E-state index contributed by atoms with van der Waals surface area (Å²) in [6, 6.07) is 10.1. The molecule has 42 heavy (non-hydrogen) atoms. The average molecular weight is 579 g/mol. The Morgan fingerprint density at radius 3 is 2.60 bits per heavy atom. The largest absolute Gasteiger partial charge is 0.507 e. The molecule has 0 saturated carbocycles. The molecule has 2 fully saturated rings. The molecule has 9 heteroatoms. The second kappa shape index (κ2) is 13.2. The number of benzene rings is 2. The number of Topliss-reactive ketones (excluding diaryl/α,β-unsaturated/α-hetero) is 1. The maximum absolute atomic E-state index is 13.6. The molecule has 226 valence electrons. The highest BCUT2D eigenvalue weighted by Crippen LogP contribution is 2.43. The lowest BCUT2D eigenvalue weighted by molar-refractivity contribution is -0.140. The monoisotopic (exact) mass is 578 g/mol. The van der Waals surface area contributed by atoms with Crippen molar-refractivity contribution in [3.63, 3.8) is 0 Å². The smallest absolute Gasteiger partial charge is 0.295 e. The van der Waals surface area contributed by atoms with Gasteiger partial charge in [-0.05, 0) is 67.1 Å². The van der Waals surface area contributed by atoms with Crippen LogP contribution in [0.5, 0.6) is 17.2 Å². The topological polar surface area (TPSA) is 97.8 Å². The van der Waals surface area contributed by atoms with Gasteiger partial charge in [0.25, 0.3) is 11.7 Å². The van der Waals surface area contributed by atoms with Crippen LogP contribution in [0.3, 0.4) is 0 Å². The Morgan fingerprint density at radius 1 is 1.07 bits per heavy atom. The zero-order chi connectivity index (χ0) is 29.8. The molecule has 1 amide bonds. The molecule has 3 aliphatic heterocycles. The summed E-state index contributed by atoms with van der Waals surface area (Å²) >= 11 is 0. The third kappa shape index (κ3) is 6.42. The number of ketones is 1. The predicted octanol–water partition coefficient (Wildman–Crippen LogP) is 4.59. The molecule has 0 aliphatic carbocycles. The lowest BCUT2D eigenvalue weighted by atomic mass is 9.94. The fourth-order valence-corrected chi connectivity index (χ4v) is 5.85. The van der Waals surface area contributed by atoms with Crippen LogP contribution in [0.1, 0.15) is 56.3 Å². The zero-order valence-electron chi connectivity index (χ0n) is 25.1. The minimum absolute atomic E-state index is 0.0446. The van der Waals surface area contributed by atoms with Crippen molar-refractivity contribution in [2.75, 3.05) is 53.1 Å². The number of nitrogens with zero attached hydrogens (tertiary/aromatic N) is 2. The zero-order valence-corrected chi connectivity index (χ0v) is 25.1. The molecule has 0 spiro atoms. The second-order valence-corrected chi connectivity index (χ2v) is 11.7. The molecule has 2 saturated heterocycles. The van der Waals surface area contributed by atoms with Crippen LogP contribution in [-0.2, 0) is 20.7 Å². The minimum atomic E-state index is -0.767. The number of amides is 1. The van der Waals surface area contributed by atoms with Gasteiger partial charge in [0.2, 0.25) is 0 Å². The number of hydrogen-bond donors (Lipinski definition) is 1. The fraction of sp³-hybridized carbons (Fsp3) is 0.515. The molecule has 1 N–H and O–H groups in total. The van der Waals surface area contributed by atoms with Gasteiger partial charge in [-0.1, -0.05) is 19.9 Å². The number of hydrogen-bond acceptors (Lipinski definition) is 8. The Labute approximate surface area is 248 Å². The first-order valence-electron chi connectivity index (χ1n) is 15.0. The van der Waals surface area contributed by atoms with E-state index in [0.717, 1.165) is 37.4 Å². The molecular formula is C33H42N2O7. The lowest BCUT2D eigenvalue weighted by Gasteiger charge is -2.29. The molecule has 0 aromatic heterocycles. The van der Waals surface area contributed by atoms with Gasteiger partial charge in [0.1, 0.15) is 17.6 Å². The maximum atomic E-state index is 13.6. The summed E-state index contributed by atoms with van der Waals surface area (Å²) in [4.78, 5) is 31.0. The molecule has 2 atom stereocenters. The summed E-state index contributed by atoms with van der Waals surface area (Å²) in [5.74, 6) is 0.895. The van der Waals surface area contributed by atoms with Crippen LogP contribution in [0, 0.1) is 5.92 Å². The van der Waals surface area contributed by atoms with Gasteiger partial charge in [-0.3, -0.25) is 14.5 Å². The molecule has 0 unspecified atom stereocenters. The van der Waals surface area contributed by atoms with Crippen molar-refractivity contribution in [1.29, 1.82) is 0 Å². The Kier molecular flexibility index (Phi) is 9.38. The number of carbonyl (C=O) groups excluding carboxylic acids is 2. The third-order valence-electron chi connectivity index (χ3n) is 8.14. The van der Waals surface area contributed by atoms with Crippen molar-refractivity contribution in [3.05, 3.63) is 58.7 Å². The summed E-state index contributed by atoms with van der Waals surface area (Å²) in [6.45, 7) is 11.1. The van der Waals surface area contributed by atoms with Crippen LogP contribution < -0.4 is 14.2 Å². The molecule has 2 aromatic rings. The molecular weight excluding hydrogens is 536 g/mol. The van der Waals surface area contributed by atoms with Gasteiger partial charge >= 0.3 is 0 Å². The molecule has 2 aromatic carbocycles. The summed E-state index contributed by atoms with van der Waals surface area (Å²) in [7, 11) is 1.57. The first-order valence-corrected chi connectivity index (χ1v) is 15.0. The molecule has 3 heterocycles. The van der Waals surface area contributed by atoms with Gasteiger partial charge in [-0.25, -0.2) is 0 Å². The average Bonchev–Trinajstić information content (AvgIpc) is 3.48. The second-order valence-electron chi connectivity index (χ2n) is 11.7. The van der Waals surface area contributed by atoms with E-state index in [1.54, 1.807) is 18.1 Å². The van der Waals surface area contributed by atoms with Crippen molar-refractivity contribution in [3.8, 4) is 17.2 Å². The quantitative estimate of drug-likeness (QED) is 0.235. The maximum Gasteiger partial charge on any atom is 0.295 e. The molecule has 5 rings (SSSR count). The number of carbonyl (C=O) groups is 2. The summed E-state index contributed by atoms with van der Waals surface area (Å²) in [5, 5.41) is 11.6. The van der Waals surface area contributed by atoms with Gasteiger partial charge in [0.05, 0.1) is 38.5 Å². The van der Waals surface area contributed by atoms with Crippen molar-refractivity contribution in [1.82, 2.24) is 9.80 Å². The Hall–Kier alpha value is -3.56. The predicted molar refractivity (Wildman–Crippen MR) is 159 cm³/mol. The highest BCUT2D eigenvalue weighted by molar-refractivity contribution is 6.46. The number of morpholine rings is 1. The highest BCUT2D eigenvalue weighted by Gasteiger charge is 2.46. The SMILES string of the molecule is COc1cc([C@H]2C(=C(O)c3ccc4c(c3)C[C@@H](C)O4)C(=O)C(=O)N2CCCN2CCOCC2)ccc1OCCC(C)C. The first kappa shape index (κ1) is 29.9. The molecule has 3 aliphatic rings. The normalized spacial score (nSPS) is 22.0. The fourth-order valence-electron chi connectivity index (χ4n) is 5.85. The van der Waals surface area contributed by atoms with E-state index in [4.69, 9.17) is 18.9 Å². The van der Waals surface area contributed by atoms with E-state index < -0.39 is 17.7 Å². The van der Waals surface area contributed by atoms with Crippen LogP contribution in [0.4, 0.5) is 0 Å². The van der Waals surface area contributed by atoms with Crippen LogP contribution in [0.15, 0.2) is 42.0 Å². The number of ether oxygens (including phenoxy) is 4. The summed E-state index contributed by atoms with van der Waals surface area (Å²) in [6.07, 6.45) is 2.35. The van der Waals surface area contributed by atoms with E-state index in [1.165, 1.54) is 0 Å². The van der Waals surface area contributed by atoms with Crippen molar-refractivity contribution < 1.29 is 33.6 Å². The number of likely N-dealkylation sites (tertiary alicyclic amines) is 1. The number of aliphatic hydroxyl groups excluding tert-OH is 1. The summed E-state index contributed by atoms with van der Waals surface area (Å²) in [5.41, 5.74) is 2.21. The Bertz CT molecular complexity index is 1330. The third-order valence-corrected chi connectivity index (χ3v) is 8.14. The lowest BCUT2D eigenvalue weighted by Crippen LogP contribution is -2.39. The van der Waals surface area contributed by atoms with E-state index in [1.807, 2.05) is 37.3 Å². The van der Waals surface area contributed by atoms with E-state index in [2.05, 4.69) is 18.7 Å².